The van der Waals surface area contributed by atoms with Gasteiger partial charge >= 0.3 is 0 Å². The Kier molecular flexibility index (Phi) is 5.44. The molecule has 0 aliphatic carbocycles. The van der Waals surface area contributed by atoms with E-state index in [0.717, 1.165) is 13.1 Å². The molecule has 0 unspecified atom stereocenters. The van der Waals surface area contributed by atoms with Gasteiger partial charge in [-0.2, -0.15) is 4.98 Å². The zero-order chi connectivity index (χ0) is 24.6. The first-order chi connectivity index (χ1) is 17.6. The maximum absolute atomic E-state index is 14.9. The summed E-state index contributed by atoms with van der Waals surface area (Å²) in [4.78, 5) is 13.9. The van der Waals surface area contributed by atoms with Gasteiger partial charge in [0.15, 0.2) is 5.65 Å². The molecule has 1 fully saturated rings. The number of hydrogen-bond donors (Lipinski definition) is 1. The third kappa shape index (κ3) is 3.88. The number of nitrogens with two attached hydrogens (primary N) is 1. The van der Waals surface area contributed by atoms with Gasteiger partial charge in [0.2, 0.25) is 5.95 Å². The molecule has 0 radical (unpaired) electrons. The molecule has 1 aliphatic heterocycles. The van der Waals surface area contributed by atoms with Crippen LogP contribution in [0.25, 0.3) is 28.0 Å². The number of nitrogens with zero attached hydrogens (tertiary/aromatic N) is 6. The number of anilines is 3. The molecule has 36 heavy (non-hydrogen) atoms. The molecule has 5 aromatic rings. The molecule has 2 aromatic heterocycles. The zero-order valence-corrected chi connectivity index (χ0v) is 19.4. The lowest BCUT2D eigenvalue weighted by molar-refractivity contribution is 0.627. The Labute approximate surface area is 206 Å². The molecule has 0 atom stereocenters. The molecule has 3 aromatic carbocycles. The first kappa shape index (κ1) is 22.0. The Morgan fingerprint density at radius 3 is 2.08 bits per heavy atom. The van der Waals surface area contributed by atoms with Gasteiger partial charge in [-0.05, 0) is 48.5 Å². The molecule has 180 valence electrons. The highest BCUT2D eigenvalue weighted by molar-refractivity contribution is 5.99. The highest BCUT2D eigenvalue weighted by Crippen LogP contribution is 2.35. The first-order valence-electron chi connectivity index (χ1n) is 11.7. The molecule has 0 bridgehead atoms. The van der Waals surface area contributed by atoms with Gasteiger partial charge < -0.3 is 15.5 Å². The summed E-state index contributed by atoms with van der Waals surface area (Å²) in [6.07, 6.45) is 0. The number of aromatic nitrogens is 4. The van der Waals surface area contributed by atoms with Crippen molar-refractivity contribution in [3.63, 3.8) is 0 Å². The van der Waals surface area contributed by atoms with Gasteiger partial charge in [-0.15, -0.1) is 5.10 Å². The summed E-state index contributed by atoms with van der Waals surface area (Å²) >= 11 is 0. The molecule has 7 nitrogen and oxygen atoms in total. The van der Waals surface area contributed by atoms with Crippen LogP contribution in [-0.2, 0) is 0 Å². The second kappa shape index (κ2) is 8.92. The fourth-order valence-corrected chi connectivity index (χ4v) is 4.57. The Bertz CT molecular complexity index is 1530. The number of benzene rings is 3. The summed E-state index contributed by atoms with van der Waals surface area (Å²) in [6.45, 7) is 3.00. The standard InChI is InChI=1S/C27H23F2N7/c28-18-10-12-20(13-11-18)36-25(30)23-24(21-8-4-5-9-22(21)29)31-27(32-26(23)33-36)35-16-14-34(15-17-35)19-6-2-1-3-7-19/h1-13H,14-17,30H2. The van der Waals surface area contributed by atoms with Crippen LogP contribution in [-0.4, -0.2) is 45.9 Å². The van der Waals surface area contributed by atoms with E-state index in [-0.39, 0.29) is 11.6 Å². The Morgan fingerprint density at radius 2 is 1.36 bits per heavy atom. The predicted molar refractivity (Wildman–Crippen MR) is 137 cm³/mol. The van der Waals surface area contributed by atoms with E-state index in [1.54, 1.807) is 30.3 Å². The molecule has 0 spiro atoms. The largest absolute Gasteiger partial charge is 0.383 e. The van der Waals surface area contributed by atoms with Crippen molar-refractivity contribution in [1.82, 2.24) is 19.7 Å². The minimum absolute atomic E-state index is 0.260. The van der Waals surface area contributed by atoms with Crippen LogP contribution in [0.5, 0.6) is 0 Å². The molecule has 6 rings (SSSR count). The summed E-state index contributed by atoms with van der Waals surface area (Å²) in [5, 5.41) is 5.06. The van der Waals surface area contributed by atoms with Gasteiger partial charge in [0, 0.05) is 37.4 Å². The lowest BCUT2D eigenvalue weighted by atomic mass is 10.1. The average molecular weight is 484 g/mol. The minimum Gasteiger partial charge on any atom is -0.383 e. The third-order valence-electron chi connectivity index (χ3n) is 6.44. The fraction of sp³-hybridized carbons (Fsp3) is 0.148. The lowest BCUT2D eigenvalue weighted by Gasteiger charge is -2.36. The van der Waals surface area contributed by atoms with E-state index >= 15 is 0 Å². The molecule has 0 saturated carbocycles. The third-order valence-corrected chi connectivity index (χ3v) is 6.44. The van der Waals surface area contributed by atoms with Crippen molar-refractivity contribution in [2.45, 2.75) is 0 Å². The van der Waals surface area contributed by atoms with Gasteiger partial charge in [-0.1, -0.05) is 30.3 Å². The normalized spacial score (nSPS) is 13.9. The Hall–Kier alpha value is -4.53. The predicted octanol–water partition coefficient (Wildman–Crippen LogP) is 4.67. The van der Waals surface area contributed by atoms with E-state index in [9.17, 15) is 8.78 Å². The number of halogens is 2. The average Bonchev–Trinajstić information content (AvgIpc) is 3.26. The number of nitrogen functional groups attached to an aromatic ring is 1. The Balaban J connectivity index is 1.43. The molecule has 1 saturated heterocycles. The molecular formula is C27H23F2N7. The van der Waals surface area contributed by atoms with E-state index < -0.39 is 5.82 Å². The highest BCUT2D eigenvalue weighted by atomic mass is 19.1. The molecule has 1 aliphatic rings. The topological polar surface area (TPSA) is 76.1 Å². The fourth-order valence-electron chi connectivity index (χ4n) is 4.57. The van der Waals surface area contributed by atoms with Crippen molar-refractivity contribution in [2.24, 2.45) is 0 Å². The highest BCUT2D eigenvalue weighted by Gasteiger charge is 2.25. The SMILES string of the molecule is Nc1c2c(-c3ccccc3F)nc(N3CCN(c4ccccc4)CC3)nc2nn1-c1ccc(F)cc1. The van der Waals surface area contributed by atoms with Crippen molar-refractivity contribution >= 4 is 28.5 Å². The molecule has 9 heteroatoms. The van der Waals surface area contributed by atoms with Crippen LogP contribution in [0.2, 0.25) is 0 Å². The maximum Gasteiger partial charge on any atom is 0.228 e. The van der Waals surface area contributed by atoms with Crippen LogP contribution in [0.15, 0.2) is 78.9 Å². The van der Waals surface area contributed by atoms with E-state index in [0.29, 0.717) is 47.0 Å². The quantitative estimate of drug-likeness (QED) is 0.400. The number of rotatable bonds is 4. The van der Waals surface area contributed by atoms with Crippen LogP contribution in [0.1, 0.15) is 0 Å². The summed E-state index contributed by atoms with van der Waals surface area (Å²) in [5.41, 5.74) is 9.29. The zero-order valence-electron chi connectivity index (χ0n) is 19.4. The van der Waals surface area contributed by atoms with Gasteiger partial charge in [-0.3, -0.25) is 0 Å². The number of piperazine rings is 1. The smallest absolute Gasteiger partial charge is 0.228 e. The molecule has 3 heterocycles. The number of para-hydroxylation sites is 1. The Morgan fingerprint density at radius 1 is 0.694 bits per heavy atom. The molecular weight excluding hydrogens is 460 g/mol. The van der Waals surface area contributed by atoms with Crippen molar-refractivity contribution < 1.29 is 8.78 Å². The second-order valence-corrected chi connectivity index (χ2v) is 8.63. The van der Waals surface area contributed by atoms with Crippen molar-refractivity contribution in [2.75, 3.05) is 41.7 Å². The number of hydrogen-bond acceptors (Lipinski definition) is 6. The summed E-state index contributed by atoms with van der Waals surface area (Å²) in [5.74, 6) is -0.0448. The van der Waals surface area contributed by atoms with E-state index in [4.69, 9.17) is 15.7 Å². The molecule has 0 amide bonds. The van der Waals surface area contributed by atoms with Gasteiger partial charge in [0.05, 0.1) is 16.8 Å². The van der Waals surface area contributed by atoms with Crippen molar-refractivity contribution in [1.29, 1.82) is 0 Å². The summed E-state index contributed by atoms with van der Waals surface area (Å²) in [6, 6.07) is 22.5. The maximum atomic E-state index is 14.9. The van der Waals surface area contributed by atoms with E-state index in [2.05, 4.69) is 27.0 Å². The van der Waals surface area contributed by atoms with Crippen LogP contribution in [0.4, 0.5) is 26.2 Å². The second-order valence-electron chi connectivity index (χ2n) is 8.63. The van der Waals surface area contributed by atoms with Gasteiger partial charge in [-0.25, -0.2) is 18.4 Å². The van der Waals surface area contributed by atoms with Crippen LogP contribution in [0, 0.1) is 11.6 Å². The van der Waals surface area contributed by atoms with Crippen molar-refractivity contribution in [3.05, 3.63) is 90.5 Å². The van der Waals surface area contributed by atoms with E-state index in [1.165, 1.54) is 28.6 Å². The van der Waals surface area contributed by atoms with Crippen LogP contribution >= 0.6 is 0 Å². The van der Waals surface area contributed by atoms with Gasteiger partial charge in [0.25, 0.3) is 0 Å². The van der Waals surface area contributed by atoms with Crippen LogP contribution < -0.4 is 15.5 Å². The monoisotopic (exact) mass is 483 g/mol. The summed E-state index contributed by atoms with van der Waals surface area (Å²) in [7, 11) is 0. The number of fused-ring (bicyclic) bond motifs is 1. The lowest BCUT2D eigenvalue weighted by Crippen LogP contribution is -2.47. The molecule has 2 N–H and O–H groups in total. The van der Waals surface area contributed by atoms with Gasteiger partial charge in [0.1, 0.15) is 17.5 Å². The van der Waals surface area contributed by atoms with E-state index in [1.807, 2.05) is 18.2 Å². The summed E-state index contributed by atoms with van der Waals surface area (Å²) < 4.78 is 29.9. The first-order valence-corrected chi connectivity index (χ1v) is 11.7. The van der Waals surface area contributed by atoms with Crippen molar-refractivity contribution in [3.8, 4) is 16.9 Å². The minimum atomic E-state index is -0.411. The van der Waals surface area contributed by atoms with Crippen LogP contribution in [0.3, 0.4) is 0 Å².